The van der Waals surface area contributed by atoms with Crippen molar-refractivity contribution in [3.63, 3.8) is 0 Å². The number of fused-ring (bicyclic) bond motifs is 3. The van der Waals surface area contributed by atoms with Gasteiger partial charge in [-0.2, -0.15) is 0 Å². The van der Waals surface area contributed by atoms with Crippen LogP contribution in [0.5, 0.6) is 5.75 Å². The molecule has 1 atom stereocenters. The highest BCUT2D eigenvalue weighted by molar-refractivity contribution is 7.15. The number of nitrogens with zero attached hydrogens (tertiary/aromatic N) is 1. The highest BCUT2D eigenvalue weighted by Gasteiger charge is 2.33. The normalized spacial score (nSPS) is 16.4. The molecule has 1 aromatic heterocycles. The Balaban J connectivity index is 1.85. The number of carbonyl (C=O) groups is 2. The fraction of sp³-hybridized carbons (Fsp3) is 0.158. The van der Waals surface area contributed by atoms with Crippen LogP contribution in [0.25, 0.3) is 10.8 Å². The molecule has 0 saturated carbocycles. The van der Waals surface area contributed by atoms with Gasteiger partial charge in [-0.1, -0.05) is 31.2 Å². The molecule has 0 saturated heterocycles. The second-order valence-corrected chi connectivity index (χ2v) is 7.13. The van der Waals surface area contributed by atoms with E-state index in [-0.39, 0.29) is 17.6 Å². The number of thiophene rings is 1. The minimum atomic E-state index is -0.131. The van der Waals surface area contributed by atoms with Gasteiger partial charge in [0.1, 0.15) is 5.75 Å². The number of benzene rings is 2. The van der Waals surface area contributed by atoms with Crippen molar-refractivity contribution < 1.29 is 14.7 Å². The quantitative estimate of drug-likeness (QED) is 0.714. The Kier molecular flexibility index (Phi) is 3.39. The third-order valence-corrected chi connectivity index (χ3v) is 5.48. The van der Waals surface area contributed by atoms with Crippen molar-refractivity contribution >= 4 is 40.0 Å². The Morgan fingerprint density at radius 1 is 1.25 bits per heavy atom. The van der Waals surface area contributed by atoms with Crippen LogP contribution in [0.1, 0.15) is 37.7 Å². The summed E-state index contributed by atoms with van der Waals surface area (Å²) in [5, 5.41) is 12.1. The van der Waals surface area contributed by atoms with Crippen LogP contribution in [0.4, 0.5) is 5.69 Å². The number of amides is 1. The third kappa shape index (κ3) is 2.12. The molecular weight excluding hydrogens is 322 g/mol. The van der Waals surface area contributed by atoms with E-state index in [1.165, 1.54) is 11.3 Å². The lowest BCUT2D eigenvalue weighted by Gasteiger charge is -2.17. The smallest absolute Gasteiger partial charge is 0.268 e. The van der Waals surface area contributed by atoms with Crippen LogP contribution in [0.15, 0.2) is 42.5 Å². The molecule has 1 amide bonds. The van der Waals surface area contributed by atoms with Crippen LogP contribution in [0.3, 0.4) is 0 Å². The Labute approximate surface area is 143 Å². The summed E-state index contributed by atoms with van der Waals surface area (Å²) < 4.78 is 0. The summed E-state index contributed by atoms with van der Waals surface area (Å²) in [6, 6.07) is 12.7. The standard InChI is InChI=1S/C19H15NO3S/c1-11-9-20(19(23)17-7-6-12(10-21)24-17)15-8-16(22)13-4-2-3-5-14(13)18(11)15/h2-8,10-11,22H,9H2,1H3/t11-/m1/s1. The predicted octanol–water partition coefficient (Wildman–Crippen LogP) is 4.18. The highest BCUT2D eigenvalue weighted by atomic mass is 32.1. The first kappa shape index (κ1) is 14.9. The summed E-state index contributed by atoms with van der Waals surface area (Å²) in [6.45, 7) is 2.65. The van der Waals surface area contributed by atoms with Gasteiger partial charge in [0, 0.05) is 23.9 Å². The zero-order chi connectivity index (χ0) is 16.8. The van der Waals surface area contributed by atoms with E-state index in [1.54, 1.807) is 23.1 Å². The Morgan fingerprint density at radius 3 is 2.71 bits per heavy atom. The maximum atomic E-state index is 12.9. The van der Waals surface area contributed by atoms with Crippen molar-refractivity contribution in [2.75, 3.05) is 11.4 Å². The lowest BCUT2D eigenvalue weighted by molar-refractivity contribution is 0.0992. The van der Waals surface area contributed by atoms with Crippen molar-refractivity contribution in [3.05, 3.63) is 57.8 Å². The van der Waals surface area contributed by atoms with E-state index in [0.29, 0.717) is 16.3 Å². The zero-order valence-corrected chi connectivity index (χ0v) is 13.8. The molecule has 4 nitrogen and oxygen atoms in total. The molecule has 0 unspecified atom stereocenters. The first-order valence-electron chi connectivity index (χ1n) is 7.71. The Morgan fingerprint density at radius 2 is 2.00 bits per heavy atom. The highest BCUT2D eigenvalue weighted by Crippen LogP contribution is 2.45. The van der Waals surface area contributed by atoms with Gasteiger partial charge in [-0.25, -0.2) is 0 Å². The van der Waals surface area contributed by atoms with Crippen LogP contribution >= 0.6 is 11.3 Å². The van der Waals surface area contributed by atoms with Crippen LogP contribution in [0.2, 0.25) is 0 Å². The molecule has 1 aliphatic heterocycles. The van der Waals surface area contributed by atoms with E-state index >= 15 is 0 Å². The number of rotatable bonds is 2. The van der Waals surface area contributed by atoms with Crippen LogP contribution in [0, 0.1) is 0 Å². The van der Waals surface area contributed by atoms with Crippen LogP contribution < -0.4 is 4.90 Å². The fourth-order valence-corrected chi connectivity index (χ4v) is 4.20. The summed E-state index contributed by atoms with van der Waals surface area (Å²) in [6.07, 6.45) is 0.751. The molecule has 4 rings (SSSR count). The molecule has 120 valence electrons. The number of anilines is 1. The van der Waals surface area contributed by atoms with E-state index in [1.807, 2.05) is 24.3 Å². The van der Waals surface area contributed by atoms with Crippen LogP contribution in [-0.4, -0.2) is 23.8 Å². The summed E-state index contributed by atoms with van der Waals surface area (Å²) in [5.41, 5.74) is 1.84. The lowest BCUT2D eigenvalue weighted by atomic mass is 9.95. The number of carbonyl (C=O) groups excluding carboxylic acids is 2. The largest absolute Gasteiger partial charge is 0.507 e. The van der Waals surface area contributed by atoms with Crippen molar-refractivity contribution in [1.82, 2.24) is 0 Å². The monoisotopic (exact) mass is 337 g/mol. The number of phenols is 1. The van der Waals surface area contributed by atoms with Crippen LogP contribution in [-0.2, 0) is 0 Å². The number of phenolic OH excluding ortho intramolecular Hbond substituents is 1. The summed E-state index contributed by atoms with van der Waals surface area (Å²) in [7, 11) is 0. The van der Waals surface area contributed by atoms with Gasteiger partial charge in [0.05, 0.1) is 15.4 Å². The minimum absolute atomic E-state index is 0.131. The third-order valence-electron chi connectivity index (χ3n) is 4.48. The van der Waals surface area contributed by atoms with E-state index < -0.39 is 0 Å². The molecule has 0 bridgehead atoms. The topological polar surface area (TPSA) is 57.6 Å². The first-order valence-corrected chi connectivity index (χ1v) is 8.53. The molecule has 0 spiro atoms. The molecule has 0 aliphatic carbocycles. The van der Waals surface area contributed by atoms with Gasteiger partial charge in [0.15, 0.2) is 6.29 Å². The fourth-order valence-electron chi connectivity index (χ4n) is 3.43. The number of hydrogen-bond acceptors (Lipinski definition) is 4. The van der Waals surface area contributed by atoms with Gasteiger partial charge in [0.2, 0.25) is 0 Å². The molecule has 0 radical (unpaired) electrons. The average Bonchev–Trinajstić information content (AvgIpc) is 3.19. The average molecular weight is 337 g/mol. The second-order valence-electron chi connectivity index (χ2n) is 6.01. The van der Waals surface area contributed by atoms with Gasteiger partial charge in [0.25, 0.3) is 5.91 Å². The number of hydrogen-bond donors (Lipinski definition) is 1. The first-order chi connectivity index (χ1) is 11.6. The Bertz CT molecular complexity index is 976. The van der Waals surface area contributed by atoms with Crippen molar-refractivity contribution in [2.24, 2.45) is 0 Å². The SMILES string of the molecule is C[C@@H]1CN(C(=O)c2ccc(C=O)s2)c2cc(O)c3ccccc3c21. The maximum Gasteiger partial charge on any atom is 0.268 e. The lowest BCUT2D eigenvalue weighted by Crippen LogP contribution is -2.28. The van der Waals surface area contributed by atoms with E-state index in [2.05, 4.69) is 6.92 Å². The molecular formula is C19H15NO3S. The van der Waals surface area contributed by atoms with Gasteiger partial charge < -0.3 is 10.0 Å². The van der Waals surface area contributed by atoms with Crippen molar-refractivity contribution in [1.29, 1.82) is 0 Å². The van der Waals surface area contributed by atoms with Crippen molar-refractivity contribution in [2.45, 2.75) is 12.8 Å². The molecule has 24 heavy (non-hydrogen) atoms. The predicted molar refractivity (Wildman–Crippen MR) is 95.4 cm³/mol. The number of aromatic hydroxyl groups is 1. The van der Waals surface area contributed by atoms with Crippen molar-refractivity contribution in [3.8, 4) is 5.75 Å². The van der Waals surface area contributed by atoms with Gasteiger partial charge in [-0.15, -0.1) is 11.3 Å². The summed E-state index contributed by atoms with van der Waals surface area (Å²) in [5.74, 6) is 0.226. The zero-order valence-electron chi connectivity index (χ0n) is 13.0. The van der Waals surface area contributed by atoms with E-state index in [9.17, 15) is 14.7 Å². The summed E-state index contributed by atoms with van der Waals surface area (Å²) >= 11 is 1.19. The van der Waals surface area contributed by atoms with Gasteiger partial charge in [-0.3, -0.25) is 9.59 Å². The molecule has 1 N–H and O–H groups in total. The molecule has 3 aromatic rings. The van der Waals surface area contributed by atoms with E-state index in [0.717, 1.165) is 28.3 Å². The van der Waals surface area contributed by atoms with Gasteiger partial charge in [-0.05, 0) is 23.1 Å². The van der Waals surface area contributed by atoms with E-state index in [4.69, 9.17) is 0 Å². The maximum absolute atomic E-state index is 12.9. The molecule has 1 aliphatic rings. The second kappa shape index (κ2) is 5.46. The minimum Gasteiger partial charge on any atom is -0.507 e. The summed E-state index contributed by atoms with van der Waals surface area (Å²) in [4.78, 5) is 26.5. The molecule has 2 aromatic carbocycles. The molecule has 5 heteroatoms. The Hall–Kier alpha value is -2.66. The molecule has 0 fully saturated rings. The number of aldehydes is 1. The van der Waals surface area contributed by atoms with Gasteiger partial charge >= 0.3 is 0 Å². The molecule has 2 heterocycles.